The molecule has 1 fully saturated rings. The highest BCUT2D eigenvalue weighted by atomic mass is 16.5. The number of aryl methyl sites for hydroxylation is 1. The summed E-state index contributed by atoms with van der Waals surface area (Å²) in [6, 6.07) is 17.4. The van der Waals surface area contributed by atoms with Crippen molar-refractivity contribution in [2.75, 3.05) is 7.05 Å². The van der Waals surface area contributed by atoms with Gasteiger partial charge in [0, 0.05) is 6.04 Å². The maximum absolute atomic E-state index is 5.91. The molecule has 1 saturated carbocycles. The van der Waals surface area contributed by atoms with Crippen LogP contribution in [0.25, 0.3) is 0 Å². The van der Waals surface area contributed by atoms with Crippen LogP contribution in [0.5, 0.6) is 5.75 Å². The minimum absolute atomic E-state index is 0.314. The molecule has 1 unspecified atom stereocenters. The number of ether oxygens (including phenoxy) is 1. The molecule has 1 aliphatic carbocycles. The van der Waals surface area contributed by atoms with Gasteiger partial charge in [-0.25, -0.2) is 0 Å². The number of likely N-dealkylation sites (N-methyl/N-ethyl adjacent to an activating group) is 1. The van der Waals surface area contributed by atoms with Crippen LogP contribution in [-0.4, -0.2) is 13.2 Å². The van der Waals surface area contributed by atoms with Crippen molar-refractivity contribution in [3.05, 3.63) is 65.2 Å². The summed E-state index contributed by atoms with van der Waals surface area (Å²) in [5.41, 5.74) is 4.03. The van der Waals surface area contributed by atoms with Crippen LogP contribution in [0.3, 0.4) is 0 Å². The summed E-state index contributed by atoms with van der Waals surface area (Å²) in [7, 11) is 2.03. The van der Waals surface area contributed by atoms with E-state index < -0.39 is 0 Å². The minimum atomic E-state index is 0.314. The van der Waals surface area contributed by atoms with Gasteiger partial charge in [-0.05, 0) is 62.1 Å². The lowest BCUT2D eigenvalue weighted by molar-refractivity contribution is 0.302. The predicted octanol–water partition coefficient (Wildman–Crippen LogP) is 4.04. The SMILES string of the molecule is CNC(Cc1ccccc1C)c1cccc(OC2CC2)c1. The Balaban J connectivity index is 1.77. The fourth-order valence-corrected chi connectivity index (χ4v) is 2.63. The summed E-state index contributed by atoms with van der Waals surface area (Å²) < 4.78 is 5.91. The first-order valence-electron chi connectivity index (χ1n) is 7.74. The van der Waals surface area contributed by atoms with Gasteiger partial charge in [-0.15, -0.1) is 0 Å². The van der Waals surface area contributed by atoms with E-state index in [2.05, 4.69) is 60.8 Å². The van der Waals surface area contributed by atoms with Gasteiger partial charge in [-0.2, -0.15) is 0 Å². The van der Waals surface area contributed by atoms with Gasteiger partial charge in [0.2, 0.25) is 0 Å². The summed E-state index contributed by atoms with van der Waals surface area (Å²) in [6.07, 6.45) is 3.84. The van der Waals surface area contributed by atoms with Crippen molar-refractivity contribution in [1.82, 2.24) is 5.32 Å². The second-order valence-corrected chi connectivity index (χ2v) is 5.86. The molecule has 21 heavy (non-hydrogen) atoms. The highest BCUT2D eigenvalue weighted by Crippen LogP contribution is 2.29. The summed E-state index contributed by atoms with van der Waals surface area (Å²) in [5, 5.41) is 3.43. The Bertz CT molecular complexity index is 604. The van der Waals surface area contributed by atoms with Gasteiger partial charge in [-0.1, -0.05) is 36.4 Å². The average molecular weight is 281 g/mol. The Morgan fingerprint density at radius 1 is 1.14 bits per heavy atom. The van der Waals surface area contributed by atoms with Crippen LogP contribution in [0.2, 0.25) is 0 Å². The molecule has 0 amide bonds. The van der Waals surface area contributed by atoms with Crippen molar-refractivity contribution in [2.24, 2.45) is 0 Å². The number of rotatable bonds is 6. The average Bonchev–Trinajstić information content (AvgIpc) is 3.31. The molecule has 1 aliphatic rings. The van der Waals surface area contributed by atoms with Crippen LogP contribution < -0.4 is 10.1 Å². The van der Waals surface area contributed by atoms with Crippen molar-refractivity contribution < 1.29 is 4.74 Å². The molecule has 0 spiro atoms. The van der Waals surface area contributed by atoms with E-state index in [-0.39, 0.29) is 0 Å². The van der Waals surface area contributed by atoms with E-state index in [9.17, 15) is 0 Å². The van der Waals surface area contributed by atoms with E-state index in [0.29, 0.717) is 12.1 Å². The van der Waals surface area contributed by atoms with Gasteiger partial charge in [0.05, 0.1) is 6.10 Å². The molecule has 0 heterocycles. The quantitative estimate of drug-likeness (QED) is 0.863. The van der Waals surface area contributed by atoms with Gasteiger partial charge >= 0.3 is 0 Å². The molecular formula is C19H23NO. The van der Waals surface area contributed by atoms with E-state index in [1.165, 1.54) is 29.5 Å². The van der Waals surface area contributed by atoms with Crippen LogP contribution in [0.15, 0.2) is 48.5 Å². The third-order valence-corrected chi connectivity index (χ3v) is 4.12. The van der Waals surface area contributed by atoms with Crippen molar-refractivity contribution >= 4 is 0 Å². The highest BCUT2D eigenvalue weighted by molar-refractivity contribution is 5.34. The lowest BCUT2D eigenvalue weighted by atomic mass is 9.96. The third-order valence-electron chi connectivity index (χ3n) is 4.12. The Labute approximate surface area is 127 Å². The number of hydrogen-bond donors (Lipinski definition) is 1. The largest absolute Gasteiger partial charge is 0.490 e. The Kier molecular flexibility index (Phi) is 4.26. The molecule has 2 aromatic carbocycles. The fourth-order valence-electron chi connectivity index (χ4n) is 2.63. The van der Waals surface area contributed by atoms with E-state index in [4.69, 9.17) is 4.74 Å². The molecule has 0 radical (unpaired) electrons. The van der Waals surface area contributed by atoms with E-state index in [0.717, 1.165) is 12.2 Å². The van der Waals surface area contributed by atoms with Crippen molar-refractivity contribution in [1.29, 1.82) is 0 Å². The van der Waals surface area contributed by atoms with Crippen LogP contribution in [0.1, 0.15) is 35.6 Å². The zero-order chi connectivity index (χ0) is 14.7. The zero-order valence-corrected chi connectivity index (χ0v) is 12.8. The van der Waals surface area contributed by atoms with Gasteiger partial charge in [0.15, 0.2) is 0 Å². The molecule has 0 bridgehead atoms. The van der Waals surface area contributed by atoms with E-state index in [1.54, 1.807) is 0 Å². The van der Waals surface area contributed by atoms with Gasteiger partial charge in [0.1, 0.15) is 5.75 Å². The van der Waals surface area contributed by atoms with Crippen molar-refractivity contribution in [3.63, 3.8) is 0 Å². The van der Waals surface area contributed by atoms with Crippen molar-refractivity contribution in [3.8, 4) is 5.75 Å². The molecule has 0 aliphatic heterocycles. The molecule has 2 aromatic rings. The monoisotopic (exact) mass is 281 g/mol. The molecular weight excluding hydrogens is 258 g/mol. The molecule has 0 saturated heterocycles. The molecule has 110 valence electrons. The summed E-state index contributed by atoms with van der Waals surface area (Å²) in [5.74, 6) is 1.00. The molecule has 1 N–H and O–H groups in total. The summed E-state index contributed by atoms with van der Waals surface area (Å²) in [6.45, 7) is 2.18. The Morgan fingerprint density at radius 2 is 1.95 bits per heavy atom. The number of hydrogen-bond acceptors (Lipinski definition) is 2. The van der Waals surface area contributed by atoms with Crippen LogP contribution in [0.4, 0.5) is 0 Å². The Hall–Kier alpha value is -1.80. The molecule has 2 heteroatoms. The normalized spacial score (nSPS) is 15.7. The van der Waals surface area contributed by atoms with Gasteiger partial charge in [-0.3, -0.25) is 0 Å². The fraction of sp³-hybridized carbons (Fsp3) is 0.368. The third kappa shape index (κ3) is 3.64. The second-order valence-electron chi connectivity index (χ2n) is 5.86. The zero-order valence-electron chi connectivity index (χ0n) is 12.8. The highest BCUT2D eigenvalue weighted by Gasteiger charge is 2.23. The standard InChI is InChI=1S/C19H23NO/c1-14-6-3-4-7-15(14)13-19(20-2)16-8-5-9-18(12-16)21-17-10-11-17/h3-9,12,17,19-20H,10-11,13H2,1-2H3. The molecule has 1 atom stereocenters. The Morgan fingerprint density at radius 3 is 2.67 bits per heavy atom. The van der Waals surface area contributed by atoms with E-state index >= 15 is 0 Å². The lowest BCUT2D eigenvalue weighted by Crippen LogP contribution is -2.19. The first-order chi connectivity index (χ1) is 10.3. The smallest absolute Gasteiger partial charge is 0.120 e. The minimum Gasteiger partial charge on any atom is -0.490 e. The maximum atomic E-state index is 5.91. The predicted molar refractivity (Wildman–Crippen MR) is 86.8 cm³/mol. The molecule has 2 nitrogen and oxygen atoms in total. The first kappa shape index (κ1) is 14.2. The number of benzene rings is 2. The van der Waals surface area contributed by atoms with Crippen LogP contribution in [-0.2, 0) is 6.42 Å². The molecule has 3 rings (SSSR count). The number of nitrogens with one attached hydrogen (secondary N) is 1. The first-order valence-corrected chi connectivity index (χ1v) is 7.74. The topological polar surface area (TPSA) is 21.3 Å². The lowest BCUT2D eigenvalue weighted by Gasteiger charge is -2.19. The molecule has 0 aromatic heterocycles. The second kappa shape index (κ2) is 6.31. The van der Waals surface area contributed by atoms with Crippen molar-refractivity contribution in [2.45, 2.75) is 38.3 Å². The van der Waals surface area contributed by atoms with Crippen LogP contribution in [0, 0.1) is 6.92 Å². The summed E-state index contributed by atoms with van der Waals surface area (Å²) >= 11 is 0. The van der Waals surface area contributed by atoms with Gasteiger partial charge in [0.25, 0.3) is 0 Å². The van der Waals surface area contributed by atoms with Crippen LogP contribution >= 0.6 is 0 Å². The summed E-state index contributed by atoms with van der Waals surface area (Å²) in [4.78, 5) is 0. The van der Waals surface area contributed by atoms with E-state index in [1.807, 2.05) is 7.05 Å². The maximum Gasteiger partial charge on any atom is 0.120 e. The van der Waals surface area contributed by atoms with Gasteiger partial charge < -0.3 is 10.1 Å².